The van der Waals surface area contributed by atoms with E-state index in [4.69, 9.17) is 4.74 Å². The average molecular weight is 574 g/mol. The standard InChI is InChI=1S/C31H31N3O4S2/c1-19(2)26-5-3-4-6-28(26)38-25-15-22-11-12-23(16-25)33(22)30(35)21-9-7-20(8-10-21)18-39-31-32-27-14-13-24(34(36)37)17-29(27)40-31/h3-10,13-14,17,19,22-23,25H,11-12,15-16,18H2,1-2H3/t22-,23+,25?. The lowest BCUT2D eigenvalue weighted by Gasteiger charge is -2.39. The van der Waals surface area contributed by atoms with Gasteiger partial charge >= 0.3 is 0 Å². The van der Waals surface area contributed by atoms with Crippen molar-refractivity contribution in [1.82, 2.24) is 9.88 Å². The Balaban J connectivity index is 1.07. The highest BCUT2D eigenvalue weighted by molar-refractivity contribution is 8.00. The van der Waals surface area contributed by atoms with Gasteiger partial charge in [0.25, 0.3) is 11.6 Å². The van der Waals surface area contributed by atoms with Crippen LogP contribution in [0.25, 0.3) is 10.2 Å². The largest absolute Gasteiger partial charge is 0.490 e. The lowest BCUT2D eigenvalue weighted by molar-refractivity contribution is -0.384. The monoisotopic (exact) mass is 573 g/mol. The number of nitro benzene ring substituents is 1. The third-order valence-electron chi connectivity index (χ3n) is 7.89. The minimum Gasteiger partial charge on any atom is -0.490 e. The molecule has 2 fully saturated rings. The third kappa shape index (κ3) is 5.45. The molecule has 3 heterocycles. The van der Waals surface area contributed by atoms with Crippen LogP contribution in [0.2, 0.25) is 0 Å². The number of rotatable bonds is 8. The zero-order valence-corrected chi connectivity index (χ0v) is 24.1. The summed E-state index contributed by atoms with van der Waals surface area (Å²) in [5, 5.41) is 11.0. The lowest BCUT2D eigenvalue weighted by Crippen LogP contribution is -2.49. The predicted molar refractivity (Wildman–Crippen MR) is 159 cm³/mol. The smallest absolute Gasteiger partial charge is 0.270 e. The van der Waals surface area contributed by atoms with Crippen LogP contribution in [-0.4, -0.2) is 38.9 Å². The second-order valence-electron chi connectivity index (χ2n) is 10.9. The first-order valence-corrected chi connectivity index (χ1v) is 15.5. The van der Waals surface area contributed by atoms with Crippen LogP contribution in [0.5, 0.6) is 5.75 Å². The van der Waals surface area contributed by atoms with Crippen molar-refractivity contribution in [3.05, 3.63) is 93.5 Å². The molecule has 206 valence electrons. The number of non-ortho nitro benzene ring substituents is 1. The first-order valence-electron chi connectivity index (χ1n) is 13.7. The summed E-state index contributed by atoms with van der Waals surface area (Å²) in [6.07, 6.45) is 3.93. The number of hydrogen-bond acceptors (Lipinski definition) is 7. The van der Waals surface area contributed by atoms with Crippen molar-refractivity contribution in [2.24, 2.45) is 0 Å². The second-order valence-corrected chi connectivity index (χ2v) is 13.1. The van der Waals surface area contributed by atoms with E-state index in [-0.39, 0.29) is 34.7 Å². The van der Waals surface area contributed by atoms with Gasteiger partial charge in [0.2, 0.25) is 0 Å². The summed E-state index contributed by atoms with van der Waals surface area (Å²) in [5.74, 6) is 2.20. The first-order chi connectivity index (χ1) is 19.4. The van der Waals surface area contributed by atoms with Crippen LogP contribution in [0, 0.1) is 10.1 Å². The molecule has 0 aliphatic carbocycles. The Kier molecular flexibility index (Phi) is 7.51. The van der Waals surface area contributed by atoms with E-state index in [1.807, 2.05) is 30.3 Å². The Labute approximate surface area is 241 Å². The molecule has 1 unspecified atom stereocenters. The molecule has 7 nitrogen and oxygen atoms in total. The molecular formula is C31H31N3O4S2. The molecule has 3 aromatic carbocycles. The van der Waals surface area contributed by atoms with E-state index < -0.39 is 0 Å². The lowest BCUT2D eigenvalue weighted by atomic mass is 9.97. The quantitative estimate of drug-likeness (QED) is 0.121. The molecule has 0 spiro atoms. The molecule has 0 radical (unpaired) electrons. The van der Waals surface area contributed by atoms with Crippen molar-refractivity contribution in [3.8, 4) is 5.75 Å². The second kappa shape index (κ2) is 11.2. The molecule has 1 aromatic heterocycles. The number of aromatic nitrogens is 1. The minimum absolute atomic E-state index is 0.0783. The molecule has 6 rings (SSSR count). The van der Waals surface area contributed by atoms with Crippen LogP contribution in [0.1, 0.15) is 66.9 Å². The molecule has 0 N–H and O–H groups in total. The maximum atomic E-state index is 13.6. The molecule has 4 aromatic rings. The number of fused-ring (bicyclic) bond motifs is 3. The number of para-hydroxylation sites is 1. The van der Waals surface area contributed by atoms with Crippen molar-refractivity contribution in [2.75, 3.05) is 0 Å². The third-order valence-corrected chi connectivity index (χ3v) is 10.1. The Morgan fingerprint density at radius 2 is 1.82 bits per heavy atom. The molecule has 0 saturated carbocycles. The van der Waals surface area contributed by atoms with Crippen LogP contribution in [0.3, 0.4) is 0 Å². The van der Waals surface area contributed by atoms with Gasteiger partial charge in [0, 0.05) is 48.4 Å². The summed E-state index contributed by atoms with van der Waals surface area (Å²) in [6.45, 7) is 4.38. The number of nitro groups is 1. The molecule has 2 saturated heterocycles. The summed E-state index contributed by atoms with van der Waals surface area (Å²) >= 11 is 3.06. The van der Waals surface area contributed by atoms with Gasteiger partial charge in [-0.15, -0.1) is 11.3 Å². The fraction of sp³-hybridized carbons (Fsp3) is 0.355. The van der Waals surface area contributed by atoms with E-state index in [1.54, 1.807) is 23.9 Å². The van der Waals surface area contributed by atoms with Crippen molar-refractivity contribution in [2.45, 2.75) is 73.7 Å². The number of nitrogens with zero attached hydrogens (tertiary/aromatic N) is 3. The molecule has 9 heteroatoms. The maximum Gasteiger partial charge on any atom is 0.270 e. The maximum absolute atomic E-state index is 13.6. The number of piperidine rings is 1. The van der Waals surface area contributed by atoms with Gasteiger partial charge in [0.05, 0.1) is 15.1 Å². The van der Waals surface area contributed by atoms with Crippen LogP contribution in [-0.2, 0) is 5.75 Å². The SMILES string of the molecule is CC(C)c1ccccc1OC1C[C@H]2CC[C@@H](C1)N2C(=O)c1ccc(CSc2nc3ccc([N+](=O)[O-])cc3s2)cc1. The summed E-state index contributed by atoms with van der Waals surface area (Å²) in [7, 11) is 0. The summed E-state index contributed by atoms with van der Waals surface area (Å²) in [6, 6.07) is 21.4. The first kappa shape index (κ1) is 26.8. The summed E-state index contributed by atoms with van der Waals surface area (Å²) < 4.78 is 8.18. The Morgan fingerprint density at radius 1 is 1.10 bits per heavy atom. The minimum atomic E-state index is -0.386. The van der Waals surface area contributed by atoms with Gasteiger partial charge in [-0.25, -0.2) is 4.98 Å². The zero-order valence-electron chi connectivity index (χ0n) is 22.5. The van der Waals surface area contributed by atoms with Crippen LogP contribution < -0.4 is 4.74 Å². The number of amides is 1. The van der Waals surface area contributed by atoms with Gasteiger partial charge in [0.15, 0.2) is 4.34 Å². The van der Waals surface area contributed by atoms with Gasteiger partial charge in [-0.1, -0.05) is 55.9 Å². The highest BCUT2D eigenvalue weighted by Gasteiger charge is 2.44. The fourth-order valence-electron chi connectivity index (χ4n) is 5.90. The van der Waals surface area contributed by atoms with Gasteiger partial charge in [0.1, 0.15) is 11.9 Å². The van der Waals surface area contributed by atoms with Crippen LogP contribution in [0.4, 0.5) is 5.69 Å². The topological polar surface area (TPSA) is 85.6 Å². The van der Waals surface area contributed by atoms with E-state index >= 15 is 0 Å². The fourth-order valence-corrected chi connectivity index (χ4v) is 7.96. The van der Waals surface area contributed by atoms with E-state index in [2.05, 4.69) is 41.9 Å². The van der Waals surface area contributed by atoms with Crippen molar-refractivity contribution >= 4 is 44.9 Å². The molecule has 40 heavy (non-hydrogen) atoms. The van der Waals surface area contributed by atoms with Gasteiger partial charge in [-0.05, 0) is 54.2 Å². The van der Waals surface area contributed by atoms with E-state index in [9.17, 15) is 14.9 Å². The number of thioether (sulfide) groups is 1. The Hall–Kier alpha value is -3.43. The van der Waals surface area contributed by atoms with Crippen LogP contribution in [0.15, 0.2) is 71.1 Å². The van der Waals surface area contributed by atoms with Gasteiger partial charge in [-0.3, -0.25) is 14.9 Å². The summed E-state index contributed by atoms with van der Waals surface area (Å²) in [5.41, 5.74) is 3.91. The average Bonchev–Trinajstić information content (AvgIpc) is 3.48. The number of thiazole rings is 1. The molecule has 2 bridgehead atoms. The van der Waals surface area contributed by atoms with Gasteiger partial charge in [-0.2, -0.15) is 0 Å². The van der Waals surface area contributed by atoms with Crippen molar-refractivity contribution in [3.63, 3.8) is 0 Å². The van der Waals surface area contributed by atoms with Crippen LogP contribution >= 0.6 is 23.1 Å². The molecule has 2 aliphatic heterocycles. The molecule has 1 amide bonds. The molecule has 3 atom stereocenters. The van der Waals surface area contributed by atoms with E-state index in [0.717, 1.165) is 57.1 Å². The molecule has 2 aliphatic rings. The van der Waals surface area contributed by atoms with E-state index in [0.29, 0.717) is 11.7 Å². The highest BCUT2D eigenvalue weighted by Crippen LogP contribution is 2.39. The van der Waals surface area contributed by atoms with Crippen molar-refractivity contribution in [1.29, 1.82) is 0 Å². The number of ether oxygens (including phenoxy) is 1. The number of carbonyl (C=O) groups is 1. The Morgan fingerprint density at radius 3 is 2.52 bits per heavy atom. The van der Waals surface area contributed by atoms with E-state index in [1.165, 1.54) is 23.0 Å². The van der Waals surface area contributed by atoms with Gasteiger partial charge < -0.3 is 9.64 Å². The summed E-state index contributed by atoms with van der Waals surface area (Å²) in [4.78, 5) is 30.9. The Bertz CT molecular complexity index is 1540. The normalized spacial score (nSPS) is 20.3. The zero-order chi connectivity index (χ0) is 27.8. The number of hydrogen-bond donors (Lipinski definition) is 0. The predicted octanol–water partition coefficient (Wildman–Crippen LogP) is 7.83. The van der Waals surface area contributed by atoms with Crippen molar-refractivity contribution < 1.29 is 14.5 Å². The number of carbonyl (C=O) groups excluding carboxylic acids is 1. The molecular weight excluding hydrogens is 542 g/mol. The number of benzene rings is 3. The highest BCUT2D eigenvalue weighted by atomic mass is 32.2.